The first-order valence-corrected chi connectivity index (χ1v) is 6.55. The Morgan fingerprint density at radius 3 is 3.05 bits per heavy atom. The summed E-state index contributed by atoms with van der Waals surface area (Å²) in [5.74, 6) is -0.268. The third-order valence-electron chi connectivity index (χ3n) is 3.56. The molecule has 1 saturated heterocycles. The van der Waals surface area contributed by atoms with E-state index in [0.29, 0.717) is 31.9 Å². The lowest BCUT2D eigenvalue weighted by atomic mass is 10.0. The molecule has 5 nitrogen and oxygen atoms in total. The van der Waals surface area contributed by atoms with Crippen molar-refractivity contribution in [2.45, 2.75) is 19.5 Å². The smallest absolute Gasteiger partial charge is 0.325 e. The molecule has 5 heteroatoms. The Kier molecular flexibility index (Phi) is 4.72. The average Bonchev–Trinajstić information content (AvgIpc) is 2.49. The summed E-state index contributed by atoms with van der Waals surface area (Å²) in [5, 5.41) is 8.88. The first kappa shape index (κ1) is 14.5. The van der Waals surface area contributed by atoms with Crippen LogP contribution in [0.1, 0.15) is 16.7 Å². The number of carbonyl (C=O) groups excluding carboxylic acids is 1. The molecule has 0 saturated carbocycles. The third-order valence-corrected chi connectivity index (χ3v) is 3.56. The first-order valence-electron chi connectivity index (χ1n) is 6.55. The second-order valence-electron chi connectivity index (χ2n) is 4.84. The summed E-state index contributed by atoms with van der Waals surface area (Å²) in [5.41, 5.74) is 2.82. The maximum Gasteiger partial charge on any atom is 0.325 e. The molecule has 1 atom stereocenters. The largest absolute Gasteiger partial charge is 0.468 e. The van der Waals surface area contributed by atoms with E-state index < -0.39 is 0 Å². The van der Waals surface area contributed by atoms with Crippen molar-refractivity contribution in [3.05, 3.63) is 34.9 Å². The second-order valence-corrected chi connectivity index (χ2v) is 4.84. The van der Waals surface area contributed by atoms with Crippen LogP contribution in [0.15, 0.2) is 18.2 Å². The van der Waals surface area contributed by atoms with Gasteiger partial charge in [-0.25, -0.2) is 0 Å². The number of benzene rings is 1. The molecule has 1 aliphatic heterocycles. The van der Waals surface area contributed by atoms with Gasteiger partial charge in [-0.1, -0.05) is 6.07 Å². The molecule has 20 heavy (non-hydrogen) atoms. The van der Waals surface area contributed by atoms with Gasteiger partial charge in [-0.3, -0.25) is 9.69 Å². The predicted octanol–water partition coefficient (Wildman–Crippen LogP) is 1.24. The van der Waals surface area contributed by atoms with E-state index in [1.54, 1.807) is 6.07 Å². The van der Waals surface area contributed by atoms with Crippen LogP contribution in [-0.2, 0) is 20.8 Å². The summed E-state index contributed by atoms with van der Waals surface area (Å²) < 4.78 is 10.2. The van der Waals surface area contributed by atoms with Crippen molar-refractivity contribution in [2.75, 3.05) is 26.9 Å². The summed E-state index contributed by atoms with van der Waals surface area (Å²) >= 11 is 0. The molecule has 0 spiro atoms. The molecule has 0 amide bonds. The molecule has 1 aliphatic rings. The monoisotopic (exact) mass is 274 g/mol. The number of esters is 1. The highest BCUT2D eigenvalue weighted by atomic mass is 16.5. The molecule has 2 rings (SSSR count). The van der Waals surface area contributed by atoms with Crippen molar-refractivity contribution < 1.29 is 14.3 Å². The Morgan fingerprint density at radius 2 is 2.40 bits per heavy atom. The Labute approximate surface area is 118 Å². The molecule has 1 heterocycles. The highest BCUT2D eigenvalue weighted by Crippen LogP contribution is 2.17. The van der Waals surface area contributed by atoms with E-state index in [-0.39, 0.29) is 12.0 Å². The van der Waals surface area contributed by atoms with Crippen LogP contribution in [0, 0.1) is 18.3 Å². The van der Waals surface area contributed by atoms with Crippen LogP contribution in [0.4, 0.5) is 0 Å². The molecule has 1 aromatic carbocycles. The number of methoxy groups -OCH3 is 1. The van der Waals surface area contributed by atoms with Gasteiger partial charge in [0, 0.05) is 13.1 Å². The Hall–Kier alpha value is -1.90. The minimum absolute atomic E-state index is 0.268. The zero-order chi connectivity index (χ0) is 14.5. The number of nitrogens with zero attached hydrogens (tertiary/aromatic N) is 2. The van der Waals surface area contributed by atoms with Gasteiger partial charge in [-0.05, 0) is 30.2 Å². The van der Waals surface area contributed by atoms with Crippen LogP contribution in [0.2, 0.25) is 0 Å². The summed E-state index contributed by atoms with van der Waals surface area (Å²) in [6, 6.07) is 7.38. The van der Waals surface area contributed by atoms with Gasteiger partial charge in [0.05, 0.1) is 32.0 Å². The normalized spacial score (nSPS) is 19.4. The third kappa shape index (κ3) is 3.16. The maximum absolute atomic E-state index is 11.8. The summed E-state index contributed by atoms with van der Waals surface area (Å²) in [4.78, 5) is 13.8. The average molecular weight is 274 g/mol. The van der Waals surface area contributed by atoms with Crippen LogP contribution < -0.4 is 0 Å². The molecule has 1 fully saturated rings. The molecule has 0 N–H and O–H groups in total. The minimum Gasteiger partial charge on any atom is -0.468 e. The topological polar surface area (TPSA) is 62.6 Å². The van der Waals surface area contributed by atoms with E-state index >= 15 is 0 Å². The molecule has 0 aromatic heterocycles. The first-order chi connectivity index (χ1) is 9.65. The summed E-state index contributed by atoms with van der Waals surface area (Å²) in [6.45, 7) is 4.30. The highest BCUT2D eigenvalue weighted by Gasteiger charge is 2.30. The van der Waals surface area contributed by atoms with Crippen LogP contribution in [-0.4, -0.2) is 43.8 Å². The van der Waals surface area contributed by atoms with Gasteiger partial charge in [0.25, 0.3) is 0 Å². The van der Waals surface area contributed by atoms with Crippen molar-refractivity contribution >= 4 is 5.97 Å². The van der Waals surface area contributed by atoms with Crippen LogP contribution in [0.25, 0.3) is 0 Å². The van der Waals surface area contributed by atoms with Gasteiger partial charge >= 0.3 is 5.97 Å². The second kappa shape index (κ2) is 6.51. The van der Waals surface area contributed by atoms with Gasteiger partial charge in [0.15, 0.2) is 0 Å². The van der Waals surface area contributed by atoms with Gasteiger partial charge in [-0.2, -0.15) is 5.26 Å². The van der Waals surface area contributed by atoms with E-state index in [1.807, 2.05) is 19.1 Å². The van der Waals surface area contributed by atoms with Gasteiger partial charge < -0.3 is 9.47 Å². The number of nitriles is 1. The van der Waals surface area contributed by atoms with Crippen molar-refractivity contribution in [2.24, 2.45) is 0 Å². The van der Waals surface area contributed by atoms with Gasteiger partial charge in [0.2, 0.25) is 0 Å². The molecule has 106 valence electrons. The Bertz CT molecular complexity index is 536. The number of aryl methyl sites for hydroxylation is 1. The Morgan fingerprint density at radius 1 is 1.60 bits per heavy atom. The zero-order valence-corrected chi connectivity index (χ0v) is 11.8. The zero-order valence-electron chi connectivity index (χ0n) is 11.8. The maximum atomic E-state index is 11.8. The number of ether oxygens (including phenoxy) is 2. The summed E-state index contributed by atoms with van der Waals surface area (Å²) in [7, 11) is 1.39. The van der Waals surface area contributed by atoms with Crippen molar-refractivity contribution in [3.63, 3.8) is 0 Å². The molecular formula is C15H18N2O3. The lowest BCUT2D eigenvalue weighted by Crippen LogP contribution is -2.49. The fraction of sp³-hybridized carbons (Fsp3) is 0.467. The van der Waals surface area contributed by atoms with E-state index in [4.69, 9.17) is 14.7 Å². The van der Waals surface area contributed by atoms with Crippen LogP contribution in [0.5, 0.6) is 0 Å². The molecule has 0 aliphatic carbocycles. The van der Waals surface area contributed by atoms with E-state index in [2.05, 4.69) is 11.0 Å². The van der Waals surface area contributed by atoms with E-state index in [9.17, 15) is 4.79 Å². The number of morpholine rings is 1. The fourth-order valence-electron chi connectivity index (χ4n) is 2.34. The van der Waals surface area contributed by atoms with Gasteiger partial charge in [0.1, 0.15) is 6.04 Å². The molecule has 0 bridgehead atoms. The SMILES string of the molecule is COC(=O)C1COCCN1Cc1ccc(C#N)cc1C. The van der Waals surface area contributed by atoms with E-state index in [1.165, 1.54) is 7.11 Å². The van der Waals surface area contributed by atoms with Gasteiger partial charge in [-0.15, -0.1) is 0 Å². The summed E-state index contributed by atoms with van der Waals surface area (Å²) in [6.07, 6.45) is 0. The number of hydrogen-bond acceptors (Lipinski definition) is 5. The van der Waals surface area contributed by atoms with E-state index in [0.717, 1.165) is 11.1 Å². The predicted molar refractivity (Wildman–Crippen MR) is 72.9 cm³/mol. The lowest BCUT2D eigenvalue weighted by molar-refractivity contribution is -0.153. The minimum atomic E-state index is -0.358. The molecule has 1 aromatic rings. The lowest BCUT2D eigenvalue weighted by Gasteiger charge is -2.33. The van der Waals surface area contributed by atoms with Crippen molar-refractivity contribution in [1.29, 1.82) is 5.26 Å². The standard InChI is InChI=1S/C15H18N2O3/c1-11-7-12(8-16)3-4-13(11)9-17-5-6-20-10-14(17)15(18)19-2/h3-4,7,14H,5-6,9-10H2,1-2H3. The van der Waals surface area contributed by atoms with Crippen LogP contribution >= 0.6 is 0 Å². The van der Waals surface area contributed by atoms with Crippen molar-refractivity contribution in [3.8, 4) is 6.07 Å². The van der Waals surface area contributed by atoms with Crippen molar-refractivity contribution in [1.82, 2.24) is 4.90 Å². The quantitative estimate of drug-likeness (QED) is 0.776. The molecular weight excluding hydrogens is 256 g/mol. The number of carbonyl (C=O) groups is 1. The fourth-order valence-corrected chi connectivity index (χ4v) is 2.34. The Balaban J connectivity index is 2.15. The number of hydrogen-bond donors (Lipinski definition) is 0. The highest BCUT2D eigenvalue weighted by molar-refractivity contribution is 5.75. The van der Waals surface area contributed by atoms with Crippen LogP contribution in [0.3, 0.4) is 0 Å². The molecule has 0 radical (unpaired) electrons. The number of rotatable bonds is 3. The molecule has 1 unspecified atom stereocenters.